The van der Waals surface area contributed by atoms with Crippen molar-refractivity contribution in [3.05, 3.63) is 53.6 Å². The standard InChI is InChI=1S/C21H30N2O2/c1-4-5-6-20-14-24-21(25-20,15-23-10-9-22-16-23)8-7-19-12-17(2)11-18(3)13-19/h9-13,16,20H,4-8,14-15H2,1-3H3. The Morgan fingerprint density at radius 2 is 2.04 bits per heavy atom. The molecule has 0 radical (unpaired) electrons. The molecule has 1 saturated heterocycles. The first-order chi connectivity index (χ1) is 12.1. The predicted molar refractivity (Wildman–Crippen MR) is 99.5 cm³/mol. The number of unbranched alkanes of at least 4 members (excludes halogenated alkanes) is 1. The third-order valence-electron chi connectivity index (χ3n) is 4.85. The maximum absolute atomic E-state index is 6.44. The SMILES string of the molecule is CCCCC1COC(CCc2cc(C)cc(C)c2)(Cn2ccnc2)O1. The van der Waals surface area contributed by atoms with Crippen LogP contribution in [-0.4, -0.2) is 28.0 Å². The minimum atomic E-state index is -0.545. The molecular formula is C21H30N2O2. The molecule has 2 atom stereocenters. The first-order valence-corrected chi connectivity index (χ1v) is 9.43. The third kappa shape index (κ3) is 4.93. The van der Waals surface area contributed by atoms with E-state index in [4.69, 9.17) is 9.47 Å². The Kier molecular flexibility index (Phi) is 5.92. The zero-order valence-corrected chi connectivity index (χ0v) is 15.7. The molecule has 2 unspecified atom stereocenters. The summed E-state index contributed by atoms with van der Waals surface area (Å²) in [5, 5.41) is 0. The second-order valence-corrected chi connectivity index (χ2v) is 7.33. The fraction of sp³-hybridized carbons (Fsp3) is 0.571. The Labute approximate surface area is 151 Å². The smallest absolute Gasteiger partial charge is 0.187 e. The highest BCUT2D eigenvalue weighted by molar-refractivity contribution is 5.28. The number of aromatic nitrogens is 2. The molecule has 0 bridgehead atoms. The van der Waals surface area contributed by atoms with Gasteiger partial charge >= 0.3 is 0 Å². The summed E-state index contributed by atoms with van der Waals surface area (Å²) in [5.41, 5.74) is 3.98. The number of hydrogen-bond acceptors (Lipinski definition) is 3. The van der Waals surface area contributed by atoms with Gasteiger partial charge in [0.1, 0.15) is 0 Å². The lowest BCUT2D eigenvalue weighted by molar-refractivity contribution is -0.182. The summed E-state index contributed by atoms with van der Waals surface area (Å²) in [6.07, 6.45) is 11.1. The van der Waals surface area contributed by atoms with Crippen LogP contribution in [0.1, 0.15) is 49.3 Å². The van der Waals surface area contributed by atoms with E-state index in [1.54, 1.807) is 6.20 Å². The van der Waals surface area contributed by atoms with E-state index in [2.05, 4.69) is 48.5 Å². The molecule has 1 aromatic heterocycles. The van der Waals surface area contributed by atoms with E-state index in [0.717, 1.165) is 19.3 Å². The summed E-state index contributed by atoms with van der Waals surface area (Å²) >= 11 is 0. The zero-order chi connectivity index (χ0) is 17.7. The Hall–Kier alpha value is -1.65. The van der Waals surface area contributed by atoms with Gasteiger partial charge in [-0.1, -0.05) is 49.1 Å². The second-order valence-electron chi connectivity index (χ2n) is 7.33. The molecule has 3 rings (SSSR count). The average Bonchev–Trinajstić information content (AvgIpc) is 3.21. The topological polar surface area (TPSA) is 36.3 Å². The third-order valence-corrected chi connectivity index (χ3v) is 4.85. The Morgan fingerprint density at radius 3 is 2.72 bits per heavy atom. The fourth-order valence-corrected chi connectivity index (χ4v) is 3.69. The first-order valence-electron chi connectivity index (χ1n) is 9.43. The van der Waals surface area contributed by atoms with Crippen LogP contribution in [0.5, 0.6) is 0 Å². The predicted octanol–water partition coefficient (Wildman–Crippen LogP) is 4.43. The molecule has 0 saturated carbocycles. The van der Waals surface area contributed by atoms with Gasteiger partial charge in [-0.3, -0.25) is 0 Å². The molecule has 0 N–H and O–H groups in total. The lowest BCUT2D eigenvalue weighted by Gasteiger charge is -2.29. The van der Waals surface area contributed by atoms with Gasteiger partial charge in [0, 0.05) is 18.8 Å². The van der Waals surface area contributed by atoms with Crippen LogP contribution in [0.25, 0.3) is 0 Å². The zero-order valence-electron chi connectivity index (χ0n) is 15.7. The van der Waals surface area contributed by atoms with Crippen LogP contribution in [0.4, 0.5) is 0 Å². The Morgan fingerprint density at radius 1 is 1.24 bits per heavy atom. The van der Waals surface area contributed by atoms with Crippen molar-refractivity contribution in [2.75, 3.05) is 6.61 Å². The number of hydrogen-bond donors (Lipinski definition) is 0. The van der Waals surface area contributed by atoms with Crippen LogP contribution in [0.2, 0.25) is 0 Å². The first kappa shape index (κ1) is 18.2. The number of aryl methyl sites for hydroxylation is 3. The molecular weight excluding hydrogens is 312 g/mol. The van der Waals surface area contributed by atoms with Crippen molar-refractivity contribution >= 4 is 0 Å². The van der Waals surface area contributed by atoms with Crippen molar-refractivity contribution in [3.63, 3.8) is 0 Å². The van der Waals surface area contributed by atoms with Crippen molar-refractivity contribution in [2.45, 2.75) is 71.3 Å². The monoisotopic (exact) mass is 342 g/mol. The van der Waals surface area contributed by atoms with Crippen LogP contribution in [-0.2, 0) is 22.4 Å². The van der Waals surface area contributed by atoms with E-state index in [1.165, 1.54) is 29.5 Å². The maximum Gasteiger partial charge on any atom is 0.187 e. The van der Waals surface area contributed by atoms with Gasteiger partial charge in [0.2, 0.25) is 0 Å². The summed E-state index contributed by atoms with van der Waals surface area (Å²) in [5.74, 6) is -0.545. The Balaban J connectivity index is 1.70. The van der Waals surface area contributed by atoms with Crippen molar-refractivity contribution < 1.29 is 9.47 Å². The summed E-state index contributed by atoms with van der Waals surface area (Å²) in [4.78, 5) is 4.16. The number of ether oxygens (including phenoxy) is 2. The molecule has 1 aliphatic rings. The normalized spacial score (nSPS) is 23.2. The van der Waals surface area contributed by atoms with E-state index < -0.39 is 5.79 Å². The van der Waals surface area contributed by atoms with Crippen LogP contribution in [0.15, 0.2) is 36.9 Å². The highest BCUT2D eigenvalue weighted by atomic mass is 16.7. The van der Waals surface area contributed by atoms with Gasteiger partial charge in [-0.05, 0) is 32.3 Å². The molecule has 2 aromatic rings. The van der Waals surface area contributed by atoms with Gasteiger partial charge in [0.25, 0.3) is 0 Å². The van der Waals surface area contributed by atoms with Crippen molar-refractivity contribution in [1.29, 1.82) is 0 Å². The average molecular weight is 342 g/mol. The highest BCUT2D eigenvalue weighted by Crippen LogP contribution is 2.32. The van der Waals surface area contributed by atoms with Crippen LogP contribution in [0, 0.1) is 13.8 Å². The summed E-state index contributed by atoms with van der Waals surface area (Å²) in [7, 11) is 0. The molecule has 1 aromatic carbocycles. The van der Waals surface area contributed by atoms with Gasteiger partial charge in [0.15, 0.2) is 5.79 Å². The summed E-state index contributed by atoms with van der Waals surface area (Å²) in [6, 6.07) is 6.75. The second kappa shape index (κ2) is 8.15. The van der Waals surface area contributed by atoms with E-state index in [-0.39, 0.29) is 6.10 Å². The minimum absolute atomic E-state index is 0.211. The molecule has 0 amide bonds. The summed E-state index contributed by atoms with van der Waals surface area (Å²) in [6.45, 7) is 7.92. The lowest BCUT2D eigenvalue weighted by Crippen LogP contribution is -2.36. The summed E-state index contributed by atoms with van der Waals surface area (Å²) < 4.78 is 14.7. The van der Waals surface area contributed by atoms with E-state index in [0.29, 0.717) is 13.2 Å². The molecule has 2 heterocycles. The quantitative estimate of drug-likeness (QED) is 0.712. The molecule has 136 valence electrons. The molecule has 0 aliphatic carbocycles. The largest absolute Gasteiger partial charge is 0.345 e. The van der Waals surface area contributed by atoms with Crippen LogP contribution < -0.4 is 0 Å². The number of nitrogens with zero attached hydrogens (tertiary/aromatic N) is 2. The molecule has 0 spiro atoms. The molecule has 1 aliphatic heterocycles. The van der Waals surface area contributed by atoms with Crippen LogP contribution in [0.3, 0.4) is 0 Å². The van der Waals surface area contributed by atoms with Gasteiger partial charge < -0.3 is 14.0 Å². The van der Waals surface area contributed by atoms with E-state index in [9.17, 15) is 0 Å². The molecule has 4 nitrogen and oxygen atoms in total. The molecule has 25 heavy (non-hydrogen) atoms. The fourth-order valence-electron chi connectivity index (χ4n) is 3.69. The molecule has 4 heteroatoms. The van der Waals surface area contributed by atoms with Crippen molar-refractivity contribution in [1.82, 2.24) is 9.55 Å². The number of rotatable bonds is 8. The van der Waals surface area contributed by atoms with Gasteiger partial charge in [-0.25, -0.2) is 4.98 Å². The van der Waals surface area contributed by atoms with Crippen LogP contribution >= 0.6 is 0 Å². The molecule has 1 fully saturated rings. The number of imidazole rings is 1. The maximum atomic E-state index is 6.44. The van der Waals surface area contributed by atoms with E-state index in [1.807, 2.05) is 12.5 Å². The van der Waals surface area contributed by atoms with E-state index >= 15 is 0 Å². The highest BCUT2D eigenvalue weighted by Gasteiger charge is 2.41. The van der Waals surface area contributed by atoms with Gasteiger partial charge in [-0.15, -0.1) is 0 Å². The minimum Gasteiger partial charge on any atom is -0.345 e. The van der Waals surface area contributed by atoms with Crippen molar-refractivity contribution in [3.8, 4) is 0 Å². The lowest BCUT2D eigenvalue weighted by atomic mass is 10.0. The number of benzene rings is 1. The van der Waals surface area contributed by atoms with Crippen molar-refractivity contribution in [2.24, 2.45) is 0 Å². The Bertz CT molecular complexity index is 648. The van der Waals surface area contributed by atoms with Gasteiger partial charge in [-0.2, -0.15) is 0 Å². The van der Waals surface area contributed by atoms with Gasteiger partial charge in [0.05, 0.1) is 25.6 Å².